The van der Waals surface area contributed by atoms with Crippen LogP contribution in [0, 0.1) is 11.8 Å². The Morgan fingerprint density at radius 3 is 2.15 bits per heavy atom. The number of hydrogen-bond acceptors (Lipinski definition) is 1. The maximum Gasteiger partial charge on any atom is 0.00747 e. The van der Waals surface area contributed by atoms with Crippen LogP contribution in [0.15, 0.2) is 0 Å². The van der Waals surface area contributed by atoms with Crippen LogP contribution in [0.25, 0.3) is 0 Å². The van der Waals surface area contributed by atoms with Crippen LogP contribution in [-0.4, -0.2) is 12.1 Å². The molecule has 2 bridgehead atoms. The highest BCUT2D eigenvalue weighted by atomic mass is 14.9. The zero-order chi connectivity index (χ0) is 9.26. The molecule has 0 aliphatic heterocycles. The van der Waals surface area contributed by atoms with Crippen LogP contribution in [0.5, 0.6) is 0 Å². The monoisotopic (exact) mass is 181 g/mol. The fourth-order valence-corrected chi connectivity index (χ4v) is 3.34. The van der Waals surface area contributed by atoms with E-state index in [2.05, 4.69) is 19.2 Å². The molecule has 0 heterocycles. The minimum atomic E-state index is 0.670. The van der Waals surface area contributed by atoms with E-state index in [9.17, 15) is 0 Å². The SMILES string of the molecule is CC(C)NC1CC2CCCC(C2)C1. The van der Waals surface area contributed by atoms with Gasteiger partial charge in [-0.2, -0.15) is 0 Å². The smallest absolute Gasteiger partial charge is 0.00747 e. The third-order valence-electron chi connectivity index (χ3n) is 3.70. The second-order valence-electron chi connectivity index (χ2n) is 5.39. The van der Waals surface area contributed by atoms with Gasteiger partial charge in [-0.1, -0.05) is 33.1 Å². The van der Waals surface area contributed by atoms with Gasteiger partial charge in [-0.3, -0.25) is 0 Å². The Kier molecular flexibility index (Phi) is 2.92. The number of fused-ring (bicyclic) bond motifs is 2. The lowest BCUT2D eigenvalue weighted by Crippen LogP contribution is -2.42. The Morgan fingerprint density at radius 2 is 1.62 bits per heavy atom. The first kappa shape index (κ1) is 9.51. The molecule has 0 amide bonds. The third kappa shape index (κ3) is 2.46. The predicted molar refractivity (Wildman–Crippen MR) is 56.7 cm³/mol. The summed E-state index contributed by atoms with van der Waals surface area (Å²) in [4.78, 5) is 0. The molecule has 2 fully saturated rings. The van der Waals surface area contributed by atoms with Crippen molar-refractivity contribution in [3.8, 4) is 0 Å². The van der Waals surface area contributed by atoms with E-state index in [0.29, 0.717) is 6.04 Å². The molecule has 2 saturated carbocycles. The zero-order valence-electron chi connectivity index (χ0n) is 9.05. The minimum Gasteiger partial charge on any atom is -0.312 e. The van der Waals surface area contributed by atoms with Crippen molar-refractivity contribution in [2.75, 3.05) is 0 Å². The highest BCUT2D eigenvalue weighted by molar-refractivity contribution is 4.86. The summed E-state index contributed by atoms with van der Waals surface area (Å²) in [6.07, 6.45) is 8.96. The molecule has 2 aliphatic rings. The van der Waals surface area contributed by atoms with Gasteiger partial charge in [-0.25, -0.2) is 0 Å². The highest BCUT2D eigenvalue weighted by Gasteiger charge is 2.31. The largest absolute Gasteiger partial charge is 0.312 e. The summed E-state index contributed by atoms with van der Waals surface area (Å²) in [6, 6.07) is 1.51. The average molecular weight is 181 g/mol. The van der Waals surface area contributed by atoms with Crippen LogP contribution < -0.4 is 5.32 Å². The Hall–Kier alpha value is -0.0400. The molecule has 1 nitrogen and oxygen atoms in total. The third-order valence-corrected chi connectivity index (χ3v) is 3.70. The number of rotatable bonds is 2. The molecule has 13 heavy (non-hydrogen) atoms. The van der Waals surface area contributed by atoms with Crippen molar-refractivity contribution in [1.29, 1.82) is 0 Å². The van der Waals surface area contributed by atoms with Crippen molar-refractivity contribution in [1.82, 2.24) is 5.32 Å². The molecule has 2 atom stereocenters. The summed E-state index contributed by atoms with van der Waals surface area (Å²) in [7, 11) is 0. The van der Waals surface area contributed by atoms with Crippen molar-refractivity contribution >= 4 is 0 Å². The minimum absolute atomic E-state index is 0.670. The lowest BCUT2D eigenvalue weighted by Gasteiger charge is -2.40. The second kappa shape index (κ2) is 4.00. The first-order chi connectivity index (χ1) is 6.24. The first-order valence-electron chi connectivity index (χ1n) is 6.00. The van der Waals surface area contributed by atoms with Gasteiger partial charge in [0.05, 0.1) is 0 Å². The van der Waals surface area contributed by atoms with Crippen LogP contribution in [0.1, 0.15) is 52.4 Å². The molecule has 0 aromatic rings. The van der Waals surface area contributed by atoms with Crippen LogP contribution in [0.2, 0.25) is 0 Å². The van der Waals surface area contributed by atoms with Gasteiger partial charge >= 0.3 is 0 Å². The number of nitrogens with one attached hydrogen (secondary N) is 1. The molecule has 76 valence electrons. The van der Waals surface area contributed by atoms with Crippen LogP contribution >= 0.6 is 0 Å². The molecule has 0 saturated heterocycles. The first-order valence-corrected chi connectivity index (χ1v) is 6.00. The van der Waals surface area contributed by atoms with Gasteiger partial charge < -0.3 is 5.32 Å². The highest BCUT2D eigenvalue weighted by Crippen LogP contribution is 2.39. The van der Waals surface area contributed by atoms with E-state index in [-0.39, 0.29) is 0 Å². The van der Waals surface area contributed by atoms with Gasteiger partial charge in [0.25, 0.3) is 0 Å². The molecule has 2 aliphatic carbocycles. The molecular formula is C12H23N. The van der Waals surface area contributed by atoms with Crippen LogP contribution in [-0.2, 0) is 0 Å². The van der Waals surface area contributed by atoms with Crippen LogP contribution in [0.3, 0.4) is 0 Å². The van der Waals surface area contributed by atoms with Gasteiger partial charge in [-0.15, -0.1) is 0 Å². The molecule has 0 aromatic heterocycles. The Morgan fingerprint density at radius 1 is 1.00 bits per heavy atom. The van der Waals surface area contributed by atoms with Crippen molar-refractivity contribution in [2.24, 2.45) is 11.8 Å². The van der Waals surface area contributed by atoms with Gasteiger partial charge in [-0.05, 0) is 31.1 Å². The molecule has 0 aromatic carbocycles. The van der Waals surface area contributed by atoms with E-state index in [0.717, 1.165) is 17.9 Å². The summed E-state index contributed by atoms with van der Waals surface area (Å²) in [5.41, 5.74) is 0. The standard InChI is InChI=1S/C12H23N/c1-9(2)13-12-7-10-4-3-5-11(6-10)8-12/h9-13H,3-8H2,1-2H3. The molecule has 1 heteroatoms. The normalized spacial score (nSPS) is 39.5. The topological polar surface area (TPSA) is 12.0 Å². The fourth-order valence-electron chi connectivity index (χ4n) is 3.34. The van der Waals surface area contributed by atoms with E-state index in [4.69, 9.17) is 0 Å². The molecule has 2 rings (SSSR count). The van der Waals surface area contributed by atoms with E-state index < -0.39 is 0 Å². The second-order valence-corrected chi connectivity index (χ2v) is 5.39. The average Bonchev–Trinajstić information content (AvgIpc) is 2.01. The van der Waals surface area contributed by atoms with E-state index >= 15 is 0 Å². The van der Waals surface area contributed by atoms with Gasteiger partial charge in [0.1, 0.15) is 0 Å². The van der Waals surface area contributed by atoms with Gasteiger partial charge in [0, 0.05) is 12.1 Å². The van der Waals surface area contributed by atoms with Gasteiger partial charge in [0.2, 0.25) is 0 Å². The molecule has 0 spiro atoms. The Balaban J connectivity index is 1.86. The number of hydrogen-bond donors (Lipinski definition) is 1. The zero-order valence-corrected chi connectivity index (χ0v) is 9.05. The quantitative estimate of drug-likeness (QED) is 0.690. The van der Waals surface area contributed by atoms with Crippen LogP contribution in [0.4, 0.5) is 0 Å². The summed E-state index contributed by atoms with van der Waals surface area (Å²) in [5, 5.41) is 3.71. The van der Waals surface area contributed by atoms with Gasteiger partial charge in [0.15, 0.2) is 0 Å². The Labute approximate surface area is 82.3 Å². The summed E-state index contributed by atoms with van der Waals surface area (Å²) in [6.45, 7) is 4.54. The summed E-state index contributed by atoms with van der Waals surface area (Å²) in [5.74, 6) is 2.12. The molecule has 0 radical (unpaired) electrons. The maximum atomic E-state index is 3.71. The predicted octanol–water partition coefficient (Wildman–Crippen LogP) is 2.95. The molecular weight excluding hydrogens is 158 g/mol. The van der Waals surface area contributed by atoms with Crippen molar-refractivity contribution in [3.05, 3.63) is 0 Å². The molecule has 1 N–H and O–H groups in total. The summed E-state index contributed by atoms with van der Waals surface area (Å²) < 4.78 is 0. The Bertz CT molecular complexity index is 153. The maximum absolute atomic E-state index is 3.71. The van der Waals surface area contributed by atoms with E-state index in [1.54, 1.807) is 0 Å². The van der Waals surface area contributed by atoms with E-state index in [1.165, 1.54) is 38.5 Å². The lowest BCUT2D eigenvalue weighted by molar-refractivity contribution is 0.150. The summed E-state index contributed by atoms with van der Waals surface area (Å²) >= 11 is 0. The fraction of sp³-hybridized carbons (Fsp3) is 1.00. The lowest BCUT2D eigenvalue weighted by atomic mass is 9.70. The van der Waals surface area contributed by atoms with Crippen molar-refractivity contribution in [3.63, 3.8) is 0 Å². The van der Waals surface area contributed by atoms with Crippen molar-refractivity contribution < 1.29 is 0 Å². The van der Waals surface area contributed by atoms with Crippen molar-refractivity contribution in [2.45, 2.75) is 64.5 Å². The van der Waals surface area contributed by atoms with E-state index in [1.807, 2.05) is 0 Å². The molecule has 2 unspecified atom stereocenters.